The maximum absolute atomic E-state index is 13.6. The summed E-state index contributed by atoms with van der Waals surface area (Å²) in [5.74, 6) is 0.720. The number of H-pyrrole nitrogens is 1. The standard InChI is InChI=1S/C26H25N3O5/c1-13-22-23(14-4-6-15(7-5-14)26(31)32)24-18(27-25(22)29-28-13)10-17(11-19(24)30)16-8-9-20(33-2)21(12-16)34-3/h4-9,12,17,23H,10-11H2,1-3H3,(H,31,32)(H2,27,28,29)/t17-,23+/m0/s1. The average Bonchev–Trinajstić information content (AvgIpc) is 3.22. The smallest absolute Gasteiger partial charge is 0.335 e. The van der Waals surface area contributed by atoms with Crippen LogP contribution in [0.25, 0.3) is 0 Å². The molecular weight excluding hydrogens is 434 g/mol. The van der Waals surface area contributed by atoms with Crippen LogP contribution in [-0.2, 0) is 4.79 Å². The number of aromatic carboxylic acids is 1. The fourth-order valence-electron chi connectivity index (χ4n) is 5.05. The van der Waals surface area contributed by atoms with Crippen LogP contribution in [0, 0.1) is 6.92 Å². The lowest BCUT2D eigenvalue weighted by molar-refractivity contribution is -0.116. The molecule has 174 valence electrons. The highest BCUT2D eigenvalue weighted by Gasteiger charge is 2.40. The number of nitrogens with zero attached hydrogens (tertiary/aromatic N) is 1. The van der Waals surface area contributed by atoms with Crippen LogP contribution in [0.15, 0.2) is 53.7 Å². The van der Waals surface area contributed by atoms with Crippen LogP contribution in [0.1, 0.15) is 57.4 Å². The van der Waals surface area contributed by atoms with E-state index in [4.69, 9.17) is 9.47 Å². The van der Waals surface area contributed by atoms with Crippen molar-refractivity contribution in [2.24, 2.45) is 0 Å². The highest BCUT2D eigenvalue weighted by Crippen LogP contribution is 2.48. The second kappa shape index (κ2) is 8.37. The van der Waals surface area contributed by atoms with E-state index in [2.05, 4.69) is 15.5 Å². The molecule has 34 heavy (non-hydrogen) atoms. The lowest BCUT2D eigenvalue weighted by atomic mass is 9.72. The van der Waals surface area contributed by atoms with Gasteiger partial charge < -0.3 is 19.9 Å². The number of allylic oxidation sites excluding steroid dienone is 2. The number of anilines is 1. The zero-order chi connectivity index (χ0) is 24.0. The van der Waals surface area contributed by atoms with Crippen molar-refractivity contribution in [3.05, 3.63) is 81.7 Å². The van der Waals surface area contributed by atoms with Crippen molar-refractivity contribution in [1.82, 2.24) is 10.2 Å². The number of nitrogens with one attached hydrogen (secondary N) is 2. The Labute approximate surface area is 196 Å². The molecule has 0 amide bonds. The summed E-state index contributed by atoms with van der Waals surface area (Å²) in [4.78, 5) is 24.9. The van der Waals surface area contributed by atoms with Crippen LogP contribution in [0.4, 0.5) is 5.82 Å². The molecule has 8 nitrogen and oxygen atoms in total. The second-order valence-corrected chi connectivity index (χ2v) is 8.63. The van der Waals surface area contributed by atoms with Gasteiger partial charge in [0.25, 0.3) is 0 Å². The highest BCUT2D eigenvalue weighted by molar-refractivity contribution is 6.01. The van der Waals surface area contributed by atoms with E-state index in [9.17, 15) is 14.7 Å². The van der Waals surface area contributed by atoms with Gasteiger partial charge in [0.05, 0.1) is 19.8 Å². The largest absolute Gasteiger partial charge is 0.493 e. The van der Waals surface area contributed by atoms with E-state index in [1.807, 2.05) is 25.1 Å². The molecule has 1 aromatic heterocycles. The number of carboxylic acid groups (broad SMARTS) is 1. The maximum Gasteiger partial charge on any atom is 0.335 e. The topological polar surface area (TPSA) is 114 Å². The number of benzene rings is 2. The summed E-state index contributed by atoms with van der Waals surface area (Å²) in [6.07, 6.45) is 1.01. The Bertz CT molecular complexity index is 1320. The number of aromatic nitrogens is 2. The minimum absolute atomic E-state index is 0.0184. The SMILES string of the molecule is COc1ccc([C@@H]2CC(=O)C3=C(C2)Nc2n[nH]c(C)c2[C@H]3c2ccc(C(=O)O)cc2)cc1OC. The van der Waals surface area contributed by atoms with Crippen molar-refractivity contribution >= 4 is 17.6 Å². The van der Waals surface area contributed by atoms with Crippen LogP contribution < -0.4 is 14.8 Å². The molecule has 8 heteroatoms. The molecule has 0 fully saturated rings. The van der Waals surface area contributed by atoms with E-state index in [0.717, 1.165) is 33.7 Å². The minimum atomic E-state index is -0.983. The van der Waals surface area contributed by atoms with Crippen molar-refractivity contribution in [2.45, 2.75) is 31.6 Å². The number of Topliss-reactive ketones (excluding diaryl/α,β-unsaturated/α-hetero) is 1. The van der Waals surface area contributed by atoms with Gasteiger partial charge >= 0.3 is 5.97 Å². The highest BCUT2D eigenvalue weighted by atomic mass is 16.5. The zero-order valence-corrected chi connectivity index (χ0v) is 19.1. The Balaban J connectivity index is 1.57. The van der Waals surface area contributed by atoms with E-state index in [1.165, 1.54) is 0 Å². The summed E-state index contributed by atoms with van der Waals surface area (Å²) in [5.41, 5.74) is 5.43. The molecule has 0 spiro atoms. The average molecular weight is 460 g/mol. The van der Waals surface area contributed by atoms with Crippen molar-refractivity contribution in [1.29, 1.82) is 0 Å². The molecule has 0 unspecified atom stereocenters. The fraction of sp³-hybridized carbons (Fsp3) is 0.269. The Morgan fingerprint density at radius 3 is 2.41 bits per heavy atom. The molecule has 2 aliphatic rings. The van der Waals surface area contributed by atoms with Gasteiger partial charge in [-0.05, 0) is 54.7 Å². The lowest BCUT2D eigenvalue weighted by Crippen LogP contribution is -2.29. The number of fused-ring (bicyclic) bond motifs is 1. The van der Waals surface area contributed by atoms with Gasteiger partial charge in [0.15, 0.2) is 23.1 Å². The van der Waals surface area contributed by atoms with Gasteiger partial charge in [-0.1, -0.05) is 18.2 Å². The third-order valence-electron chi connectivity index (χ3n) is 6.72. The summed E-state index contributed by atoms with van der Waals surface area (Å²) in [6.45, 7) is 1.93. The van der Waals surface area contributed by atoms with Crippen molar-refractivity contribution in [3.8, 4) is 11.5 Å². The molecule has 0 saturated heterocycles. The second-order valence-electron chi connectivity index (χ2n) is 8.63. The number of ketones is 1. The van der Waals surface area contributed by atoms with Gasteiger partial charge in [-0.15, -0.1) is 0 Å². The zero-order valence-electron chi connectivity index (χ0n) is 19.1. The third-order valence-corrected chi connectivity index (χ3v) is 6.72. The summed E-state index contributed by atoms with van der Waals surface area (Å²) in [5, 5.41) is 20.1. The quantitative estimate of drug-likeness (QED) is 0.518. The summed E-state index contributed by atoms with van der Waals surface area (Å²) >= 11 is 0. The molecule has 0 radical (unpaired) electrons. The molecule has 1 aliphatic heterocycles. The Morgan fingerprint density at radius 1 is 1.03 bits per heavy atom. The number of hydrogen-bond donors (Lipinski definition) is 3. The van der Waals surface area contributed by atoms with Gasteiger partial charge in [-0.25, -0.2) is 4.79 Å². The Hall–Kier alpha value is -4.07. The summed E-state index contributed by atoms with van der Waals surface area (Å²) in [6, 6.07) is 12.5. The first-order valence-electron chi connectivity index (χ1n) is 11.0. The third kappa shape index (κ3) is 3.51. The van der Waals surface area contributed by atoms with Crippen LogP contribution in [0.3, 0.4) is 0 Å². The molecule has 2 aromatic carbocycles. The van der Waals surface area contributed by atoms with Gasteiger partial charge in [0.2, 0.25) is 0 Å². The van der Waals surface area contributed by atoms with Crippen LogP contribution in [-0.4, -0.2) is 41.3 Å². The van der Waals surface area contributed by atoms with Crippen molar-refractivity contribution in [2.75, 3.05) is 19.5 Å². The molecule has 5 rings (SSSR count). The Kier molecular flexibility index (Phi) is 5.36. The molecule has 1 aliphatic carbocycles. The van der Waals surface area contributed by atoms with Crippen LogP contribution in [0.5, 0.6) is 11.5 Å². The molecule has 2 heterocycles. The van der Waals surface area contributed by atoms with E-state index < -0.39 is 5.97 Å². The molecule has 2 atom stereocenters. The summed E-state index contributed by atoms with van der Waals surface area (Å²) in [7, 11) is 3.19. The van der Waals surface area contributed by atoms with E-state index in [1.54, 1.807) is 38.5 Å². The number of carboxylic acids is 1. The molecule has 0 saturated carbocycles. The molecular formula is C26H25N3O5. The minimum Gasteiger partial charge on any atom is -0.493 e. The number of hydrogen-bond acceptors (Lipinski definition) is 6. The first-order valence-corrected chi connectivity index (χ1v) is 11.0. The normalized spacial score (nSPS) is 19.2. The van der Waals surface area contributed by atoms with E-state index in [0.29, 0.717) is 30.2 Å². The van der Waals surface area contributed by atoms with E-state index in [-0.39, 0.29) is 23.2 Å². The predicted octanol–water partition coefficient (Wildman–Crippen LogP) is 4.39. The number of aromatic amines is 1. The molecule has 3 N–H and O–H groups in total. The van der Waals surface area contributed by atoms with Crippen LogP contribution in [0.2, 0.25) is 0 Å². The first kappa shape index (κ1) is 21.8. The van der Waals surface area contributed by atoms with Gasteiger partial charge in [-0.2, -0.15) is 5.10 Å². The van der Waals surface area contributed by atoms with Gasteiger partial charge in [0.1, 0.15) is 0 Å². The Morgan fingerprint density at radius 2 is 1.74 bits per heavy atom. The predicted molar refractivity (Wildman–Crippen MR) is 126 cm³/mol. The molecule has 3 aromatic rings. The first-order chi connectivity index (χ1) is 16.4. The number of rotatable bonds is 5. The van der Waals surface area contributed by atoms with Crippen molar-refractivity contribution < 1.29 is 24.2 Å². The summed E-state index contributed by atoms with van der Waals surface area (Å²) < 4.78 is 10.8. The maximum atomic E-state index is 13.6. The van der Waals surface area contributed by atoms with Crippen molar-refractivity contribution in [3.63, 3.8) is 0 Å². The van der Waals surface area contributed by atoms with E-state index >= 15 is 0 Å². The monoisotopic (exact) mass is 459 g/mol. The number of methoxy groups -OCH3 is 2. The lowest BCUT2D eigenvalue weighted by Gasteiger charge is -2.35. The van der Waals surface area contributed by atoms with Gasteiger partial charge in [-0.3, -0.25) is 9.89 Å². The number of aryl methyl sites for hydroxylation is 1. The number of carbonyl (C=O) groups is 2. The molecule has 0 bridgehead atoms. The van der Waals surface area contributed by atoms with Crippen LogP contribution >= 0.6 is 0 Å². The number of carbonyl (C=O) groups excluding carboxylic acids is 1. The van der Waals surface area contributed by atoms with Gasteiger partial charge in [0, 0.05) is 34.9 Å². The fourth-order valence-corrected chi connectivity index (χ4v) is 5.05. The number of ether oxygens (including phenoxy) is 2.